The molecule has 0 fully saturated rings. The van der Waals surface area contributed by atoms with Crippen molar-refractivity contribution >= 4 is 12.0 Å². The molecule has 0 spiro atoms. The normalized spacial score (nSPS) is 10.5. The fourth-order valence-corrected chi connectivity index (χ4v) is 1.41. The van der Waals surface area contributed by atoms with E-state index in [0.717, 1.165) is 0 Å². The minimum Gasteiger partial charge on any atom is -0.423 e. The first-order valence-corrected chi connectivity index (χ1v) is 5.44. The number of halogens is 1. The van der Waals surface area contributed by atoms with Crippen LogP contribution in [-0.2, 0) is 4.79 Å². The lowest BCUT2D eigenvalue weighted by atomic mass is 10.2. The summed E-state index contributed by atoms with van der Waals surface area (Å²) in [5.74, 6) is -0.356. The molecule has 2 aromatic carbocycles. The van der Waals surface area contributed by atoms with Gasteiger partial charge in [-0.1, -0.05) is 30.3 Å². The van der Waals surface area contributed by atoms with E-state index >= 15 is 0 Å². The Morgan fingerprint density at radius 1 is 1.06 bits per heavy atom. The highest BCUT2D eigenvalue weighted by atomic mass is 19.1. The molecule has 90 valence electrons. The molecule has 2 aromatic rings. The summed E-state index contributed by atoms with van der Waals surface area (Å²) in [6.07, 6.45) is 2.77. The first kappa shape index (κ1) is 12.0. The zero-order valence-corrected chi connectivity index (χ0v) is 9.55. The summed E-state index contributed by atoms with van der Waals surface area (Å²) in [6, 6.07) is 14.7. The van der Waals surface area contributed by atoms with Gasteiger partial charge in [-0.2, -0.15) is 0 Å². The number of hydrogen-bond donors (Lipinski definition) is 0. The second-order valence-electron chi connectivity index (χ2n) is 3.62. The van der Waals surface area contributed by atoms with Crippen molar-refractivity contribution in [3.63, 3.8) is 0 Å². The van der Waals surface area contributed by atoms with Crippen LogP contribution in [0, 0.1) is 5.82 Å². The Bertz CT molecular complexity index is 562. The van der Waals surface area contributed by atoms with E-state index in [1.54, 1.807) is 36.4 Å². The molecule has 0 aromatic heterocycles. The number of ether oxygens (including phenoxy) is 1. The summed E-state index contributed by atoms with van der Waals surface area (Å²) in [4.78, 5) is 11.5. The summed E-state index contributed by atoms with van der Waals surface area (Å²) in [5, 5.41) is 0. The minimum absolute atomic E-state index is 0.339. The first-order valence-electron chi connectivity index (χ1n) is 5.44. The van der Waals surface area contributed by atoms with E-state index in [1.165, 1.54) is 24.3 Å². The maximum absolute atomic E-state index is 12.9. The Balaban J connectivity index is 1.99. The quantitative estimate of drug-likeness (QED) is 0.468. The number of para-hydroxylation sites is 1. The van der Waals surface area contributed by atoms with Gasteiger partial charge in [-0.3, -0.25) is 0 Å². The standard InChI is InChI=1S/C15H11FO2/c16-13-6-4-5-12(11-13)9-10-15(17)18-14-7-2-1-3-8-14/h1-11H/b10-9+. The summed E-state index contributed by atoms with van der Waals surface area (Å²) in [7, 11) is 0. The fraction of sp³-hybridized carbons (Fsp3) is 0. The molecule has 0 amide bonds. The summed E-state index contributed by atoms with van der Waals surface area (Å²) in [5.41, 5.74) is 0.611. The monoisotopic (exact) mass is 242 g/mol. The molecular formula is C15H11FO2. The number of carbonyl (C=O) groups is 1. The molecule has 0 atom stereocenters. The number of carbonyl (C=O) groups excluding carboxylic acids is 1. The number of rotatable bonds is 3. The van der Waals surface area contributed by atoms with Crippen LogP contribution in [0.3, 0.4) is 0 Å². The van der Waals surface area contributed by atoms with Crippen LogP contribution in [0.2, 0.25) is 0 Å². The Kier molecular flexibility index (Phi) is 3.86. The molecular weight excluding hydrogens is 231 g/mol. The molecule has 2 rings (SSSR count). The largest absolute Gasteiger partial charge is 0.423 e. The Labute approximate surface area is 104 Å². The van der Waals surface area contributed by atoms with Crippen LogP contribution in [-0.4, -0.2) is 5.97 Å². The number of benzene rings is 2. The van der Waals surface area contributed by atoms with Crippen LogP contribution < -0.4 is 4.74 Å². The van der Waals surface area contributed by atoms with E-state index in [0.29, 0.717) is 11.3 Å². The van der Waals surface area contributed by atoms with Gasteiger partial charge < -0.3 is 4.74 Å². The van der Waals surface area contributed by atoms with Gasteiger partial charge in [0.2, 0.25) is 0 Å². The molecule has 0 heterocycles. The van der Waals surface area contributed by atoms with Gasteiger partial charge in [0.15, 0.2) is 0 Å². The van der Waals surface area contributed by atoms with Crippen LogP contribution in [0.1, 0.15) is 5.56 Å². The third-order valence-electron chi connectivity index (χ3n) is 2.22. The van der Waals surface area contributed by atoms with E-state index in [-0.39, 0.29) is 5.82 Å². The van der Waals surface area contributed by atoms with Crippen LogP contribution >= 0.6 is 0 Å². The maximum Gasteiger partial charge on any atom is 0.336 e. The molecule has 0 saturated carbocycles. The Morgan fingerprint density at radius 3 is 2.56 bits per heavy atom. The number of esters is 1. The predicted octanol–water partition coefficient (Wildman–Crippen LogP) is 3.44. The lowest BCUT2D eigenvalue weighted by Gasteiger charge is -1.99. The third-order valence-corrected chi connectivity index (χ3v) is 2.22. The predicted molar refractivity (Wildman–Crippen MR) is 67.5 cm³/mol. The minimum atomic E-state index is -0.495. The van der Waals surface area contributed by atoms with Gasteiger partial charge in [0.1, 0.15) is 11.6 Å². The highest BCUT2D eigenvalue weighted by Crippen LogP contribution is 2.10. The average molecular weight is 242 g/mol. The number of hydrogen-bond acceptors (Lipinski definition) is 2. The van der Waals surface area contributed by atoms with Crippen LogP contribution in [0.5, 0.6) is 5.75 Å². The molecule has 0 saturated heterocycles. The van der Waals surface area contributed by atoms with Crippen molar-refractivity contribution in [2.75, 3.05) is 0 Å². The van der Waals surface area contributed by atoms with E-state index in [4.69, 9.17) is 4.74 Å². The summed E-state index contributed by atoms with van der Waals surface area (Å²) >= 11 is 0. The molecule has 0 aliphatic carbocycles. The highest BCUT2D eigenvalue weighted by Gasteiger charge is 1.99. The fourth-order valence-electron chi connectivity index (χ4n) is 1.41. The second kappa shape index (κ2) is 5.77. The van der Waals surface area contributed by atoms with Gasteiger partial charge >= 0.3 is 5.97 Å². The third kappa shape index (κ3) is 3.56. The molecule has 0 N–H and O–H groups in total. The van der Waals surface area contributed by atoms with Gasteiger partial charge in [-0.15, -0.1) is 0 Å². The van der Waals surface area contributed by atoms with Crippen molar-refractivity contribution in [3.05, 3.63) is 72.1 Å². The van der Waals surface area contributed by atoms with Gasteiger partial charge in [-0.25, -0.2) is 9.18 Å². The van der Waals surface area contributed by atoms with Crippen molar-refractivity contribution in [2.24, 2.45) is 0 Å². The zero-order chi connectivity index (χ0) is 12.8. The summed E-state index contributed by atoms with van der Waals surface area (Å²) < 4.78 is 17.9. The molecule has 0 bridgehead atoms. The van der Waals surface area contributed by atoms with E-state index in [9.17, 15) is 9.18 Å². The average Bonchev–Trinajstić information content (AvgIpc) is 2.38. The topological polar surface area (TPSA) is 26.3 Å². The molecule has 0 unspecified atom stereocenters. The van der Waals surface area contributed by atoms with Gasteiger partial charge in [0.25, 0.3) is 0 Å². The molecule has 0 aliphatic heterocycles. The van der Waals surface area contributed by atoms with Crippen molar-refractivity contribution in [3.8, 4) is 5.75 Å². The van der Waals surface area contributed by atoms with Gasteiger partial charge in [0.05, 0.1) is 0 Å². The Morgan fingerprint density at radius 2 is 1.83 bits per heavy atom. The van der Waals surface area contributed by atoms with Crippen molar-refractivity contribution in [1.82, 2.24) is 0 Å². The smallest absolute Gasteiger partial charge is 0.336 e. The van der Waals surface area contributed by atoms with E-state index in [2.05, 4.69) is 0 Å². The second-order valence-corrected chi connectivity index (χ2v) is 3.62. The van der Waals surface area contributed by atoms with E-state index < -0.39 is 5.97 Å². The van der Waals surface area contributed by atoms with Crippen molar-refractivity contribution < 1.29 is 13.9 Å². The lowest BCUT2D eigenvalue weighted by Crippen LogP contribution is -2.03. The molecule has 0 aliphatic rings. The van der Waals surface area contributed by atoms with E-state index in [1.807, 2.05) is 6.07 Å². The van der Waals surface area contributed by atoms with Crippen LogP contribution in [0.15, 0.2) is 60.7 Å². The zero-order valence-electron chi connectivity index (χ0n) is 9.55. The SMILES string of the molecule is O=C(/C=C/c1cccc(F)c1)Oc1ccccc1. The maximum atomic E-state index is 12.9. The summed E-state index contributed by atoms with van der Waals surface area (Å²) in [6.45, 7) is 0. The van der Waals surface area contributed by atoms with Crippen molar-refractivity contribution in [1.29, 1.82) is 0 Å². The van der Waals surface area contributed by atoms with Crippen LogP contribution in [0.4, 0.5) is 4.39 Å². The highest BCUT2D eigenvalue weighted by molar-refractivity contribution is 5.88. The van der Waals surface area contributed by atoms with Crippen LogP contribution in [0.25, 0.3) is 6.08 Å². The molecule has 2 nitrogen and oxygen atoms in total. The van der Waals surface area contributed by atoms with Crippen molar-refractivity contribution in [2.45, 2.75) is 0 Å². The Hall–Kier alpha value is -2.42. The van der Waals surface area contributed by atoms with Gasteiger partial charge in [-0.05, 0) is 35.9 Å². The molecule has 3 heteroatoms. The molecule has 0 radical (unpaired) electrons. The lowest BCUT2D eigenvalue weighted by molar-refractivity contribution is -0.128. The molecule has 18 heavy (non-hydrogen) atoms. The van der Waals surface area contributed by atoms with Gasteiger partial charge in [0, 0.05) is 6.08 Å². The first-order chi connectivity index (χ1) is 8.74.